The van der Waals surface area contributed by atoms with Crippen LogP contribution in [0.2, 0.25) is 5.02 Å². The molecule has 144 valence electrons. The van der Waals surface area contributed by atoms with Crippen molar-refractivity contribution in [3.8, 4) is 11.5 Å². The zero-order chi connectivity index (χ0) is 19.5. The highest BCUT2D eigenvalue weighted by atomic mass is 35.5. The van der Waals surface area contributed by atoms with Gasteiger partial charge in [0.2, 0.25) is 10.0 Å². The number of aliphatic carboxylic acids is 1. The van der Waals surface area contributed by atoms with Gasteiger partial charge in [0, 0.05) is 11.6 Å². The van der Waals surface area contributed by atoms with Crippen LogP contribution in [0, 0.1) is 0 Å². The molecule has 2 aromatic carbocycles. The maximum absolute atomic E-state index is 12.6. The van der Waals surface area contributed by atoms with E-state index in [-0.39, 0.29) is 17.9 Å². The topological polar surface area (TPSA) is 102 Å². The maximum atomic E-state index is 12.6. The number of carbonyl (C=O) groups is 1. The molecule has 1 atom stereocenters. The zero-order valence-corrected chi connectivity index (χ0v) is 15.8. The van der Waals surface area contributed by atoms with E-state index >= 15 is 0 Å². The molecule has 1 aliphatic heterocycles. The van der Waals surface area contributed by atoms with E-state index in [4.69, 9.17) is 21.1 Å². The highest BCUT2D eigenvalue weighted by Gasteiger charge is 2.44. The molecule has 2 N–H and O–H groups in total. The van der Waals surface area contributed by atoms with Crippen LogP contribution in [0.15, 0.2) is 53.4 Å². The van der Waals surface area contributed by atoms with E-state index in [1.807, 2.05) is 0 Å². The van der Waals surface area contributed by atoms with Crippen LogP contribution in [0.25, 0.3) is 0 Å². The molecule has 0 aromatic heterocycles. The van der Waals surface area contributed by atoms with E-state index in [0.29, 0.717) is 29.5 Å². The summed E-state index contributed by atoms with van der Waals surface area (Å²) in [4.78, 5) is 11.6. The standard InChI is InChI=1S/C18H18ClNO6S/c19-13-2-4-14(5-3-13)26-15-6-8-16(9-7-15)27(23,24)20-18(17(21)22)10-1-11-25-12-18/h2-9,20H,1,10-12H2,(H,21,22)/t18-/m1/s1. The zero-order valence-electron chi connectivity index (χ0n) is 14.2. The largest absolute Gasteiger partial charge is 0.480 e. The summed E-state index contributed by atoms with van der Waals surface area (Å²) in [7, 11) is -4.04. The van der Waals surface area contributed by atoms with Crippen molar-refractivity contribution in [3.05, 3.63) is 53.6 Å². The average molecular weight is 412 g/mol. The smallest absolute Gasteiger partial charge is 0.327 e. The summed E-state index contributed by atoms with van der Waals surface area (Å²) in [6.45, 7) is 0.201. The van der Waals surface area contributed by atoms with Crippen molar-refractivity contribution in [3.63, 3.8) is 0 Å². The number of rotatable bonds is 6. The van der Waals surface area contributed by atoms with Gasteiger partial charge in [-0.3, -0.25) is 4.79 Å². The Kier molecular flexibility index (Phi) is 5.71. The van der Waals surface area contributed by atoms with Crippen molar-refractivity contribution in [2.45, 2.75) is 23.3 Å². The Bertz CT molecular complexity index is 906. The minimum absolute atomic E-state index is 0.0582. The van der Waals surface area contributed by atoms with E-state index in [1.54, 1.807) is 24.3 Å². The first-order chi connectivity index (χ1) is 12.8. The van der Waals surface area contributed by atoms with Crippen molar-refractivity contribution < 1.29 is 27.8 Å². The number of hydrogen-bond acceptors (Lipinski definition) is 5. The Morgan fingerprint density at radius 3 is 2.22 bits per heavy atom. The lowest BCUT2D eigenvalue weighted by molar-refractivity contribution is -0.149. The fourth-order valence-corrected chi connectivity index (χ4v) is 4.23. The molecule has 0 aliphatic carbocycles. The van der Waals surface area contributed by atoms with Gasteiger partial charge in [0.1, 0.15) is 11.5 Å². The van der Waals surface area contributed by atoms with Crippen molar-refractivity contribution in [2.75, 3.05) is 13.2 Å². The predicted molar refractivity (Wildman–Crippen MR) is 98.7 cm³/mol. The second kappa shape index (κ2) is 7.85. The number of nitrogens with one attached hydrogen (secondary N) is 1. The van der Waals surface area contributed by atoms with E-state index in [0.717, 1.165) is 0 Å². The van der Waals surface area contributed by atoms with Crippen molar-refractivity contribution in [1.29, 1.82) is 0 Å². The van der Waals surface area contributed by atoms with Crippen LogP contribution in [0.5, 0.6) is 11.5 Å². The van der Waals surface area contributed by atoms with Gasteiger partial charge in [0.05, 0.1) is 11.5 Å². The Labute approximate surface area is 161 Å². The van der Waals surface area contributed by atoms with Gasteiger partial charge in [0.15, 0.2) is 5.54 Å². The number of ether oxygens (including phenoxy) is 2. The number of carboxylic acid groups (broad SMARTS) is 1. The summed E-state index contributed by atoms with van der Waals surface area (Å²) in [5.41, 5.74) is -1.66. The third kappa shape index (κ3) is 4.59. The monoisotopic (exact) mass is 411 g/mol. The highest BCUT2D eigenvalue weighted by Crippen LogP contribution is 2.26. The molecule has 1 saturated heterocycles. The number of sulfonamides is 1. The molecular weight excluding hydrogens is 394 g/mol. The molecule has 3 rings (SSSR count). The summed E-state index contributed by atoms with van der Waals surface area (Å²) in [6.07, 6.45) is 0.627. The van der Waals surface area contributed by atoms with Gasteiger partial charge in [-0.05, 0) is 61.4 Å². The second-order valence-electron chi connectivity index (χ2n) is 6.18. The molecule has 0 amide bonds. The van der Waals surface area contributed by atoms with E-state index in [1.165, 1.54) is 24.3 Å². The predicted octanol–water partition coefficient (Wildman–Crippen LogP) is 3.04. The molecule has 0 spiro atoms. The van der Waals surface area contributed by atoms with Crippen molar-refractivity contribution >= 4 is 27.6 Å². The van der Waals surface area contributed by atoms with Crippen LogP contribution in [-0.4, -0.2) is 38.2 Å². The third-order valence-electron chi connectivity index (χ3n) is 4.16. The number of carboxylic acids is 1. The molecule has 2 aromatic rings. The number of halogens is 1. The van der Waals surface area contributed by atoms with Crippen molar-refractivity contribution in [2.24, 2.45) is 0 Å². The fraction of sp³-hybridized carbons (Fsp3) is 0.278. The van der Waals surface area contributed by atoms with Gasteiger partial charge in [-0.1, -0.05) is 11.6 Å². The summed E-state index contributed by atoms with van der Waals surface area (Å²) in [5, 5.41) is 10.1. The molecule has 1 aliphatic rings. The van der Waals surface area contributed by atoms with Gasteiger partial charge in [0.25, 0.3) is 0 Å². The van der Waals surface area contributed by atoms with Crippen molar-refractivity contribution in [1.82, 2.24) is 4.72 Å². The summed E-state index contributed by atoms with van der Waals surface area (Å²) >= 11 is 5.82. The molecule has 0 saturated carbocycles. The first-order valence-electron chi connectivity index (χ1n) is 8.19. The van der Waals surface area contributed by atoms with Crippen LogP contribution in [-0.2, 0) is 19.6 Å². The molecule has 1 heterocycles. The normalized spacial score (nSPS) is 20.2. The number of hydrogen-bond donors (Lipinski definition) is 2. The average Bonchev–Trinajstić information content (AvgIpc) is 2.64. The Hall–Kier alpha value is -2.13. The highest BCUT2D eigenvalue weighted by molar-refractivity contribution is 7.89. The van der Waals surface area contributed by atoms with Gasteiger partial charge in [-0.15, -0.1) is 0 Å². The molecular formula is C18H18ClNO6S. The number of benzene rings is 2. The first-order valence-corrected chi connectivity index (χ1v) is 10.1. The molecule has 1 fully saturated rings. The second-order valence-corrected chi connectivity index (χ2v) is 8.30. The summed E-state index contributed by atoms with van der Waals surface area (Å²) < 4.78 is 38.4. The van der Waals surface area contributed by atoms with E-state index in [9.17, 15) is 18.3 Å². The molecule has 0 radical (unpaired) electrons. The lowest BCUT2D eigenvalue weighted by atomic mass is 9.94. The van der Waals surface area contributed by atoms with Crippen LogP contribution in [0.1, 0.15) is 12.8 Å². The van der Waals surface area contributed by atoms with Gasteiger partial charge in [-0.25, -0.2) is 8.42 Å². The van der Waals surface area contributed by atoms with Gasteiger partial charge in [-0.2, -0.15) is 4.72 Å². The van der Waals surface area contributed by atoms with E-state index < -0.39 is 21.5 Å². The Balaban J connectivity index is 1.76. The molecule has 9 heteroatoms. The van der Waals surface area contributed by atoms with Gasteiger partial charge >= 0.3 is 5.97 Å². The van der Waals surface area contributed by atoms with E-state index in [2.05, 4.69) is 4.72 Å². The quantitative estimate of drug-likeness (QED) is 0.757. The van der Waals surface area contributed by atoms with Gasteiger partial charge < -0.3 is 14.6 Å². The van der Waals surface area contributed by atoms with Crippen LogP contribution in [0.3, 0.4) is 0 Å². The lowest BCUT2D eigenvalue weighted by Gasteiger charge is -2.33. The molecule has 0 bridgehead atoms. The molecule has 7 nitrogen and oxygen atoms in total. The van der Waals surface area contributed by atoms with Crippen LogP contribution in [0.4, 0.5) is 0 Å². The fourth-order valence-electron chi connectivity index (χ4n) is 2.73. The summed E-state index contributed by atoms with van der Waals surface area (Å²) in [5.74, 6) is -0.268. The minimum atomic E-state index is -4.04. The van der Waals surface area contributed by atoms with Crippen LogP contribution >= 0.6 is 11.6 Å². The first kappa shape index (κ1) is 19.6. The minimum Gasteiger partial charge on any atom is -0.480 e. The molecule has 27 heavy (non-hydrogen) atoms. The summed E-state index contributed by atoms with van der Waals surface area (Å²) in [6, 6.07) is 12.4. The Morgan fingerprint density at radius 2 is 1.70 bits per heavy atom. The van der Waals surface area contributed by atoms with Crippen LogP contribution < -0.4 is 9.46 Å². The third-order valence-corrected chi connectivity index (χ3v) is 5.97. The lowest BCUT2D eigenvalue weighted by Crippen LogP contribution is -2.59. The SMILES string of the molecule is O=C(O)[C@@]1(NS(=O)(=O)c2ccc(Oc3ccc(Cl)cc3)cc2)CCCOC1. The maximum Gasteiger partial charge on any atom is 0.327 e. The Morgan fingerprint density at radius 1 is 1.11 bits per heavy atom. The molecule has 0 unspecified atom stereocenters.